The molecule has 0 N–H and O–H groups in total. The Labute approximate surface area is 50.3 Å². The van der Waals surface area contributed by atoms with Crippen LogP contribution in [0, 0.1) is 23.7 Å². The Kier molecular flexibility index (Phi) is 0.612. The molecular weight excluding hydrogens is 96.1 g/mol. The molecule has 0 heteroatoms. The summed E-state index contributed by atoms with van der Waals surface area (Å²) in [4.78, 5) is 0. The van der Waals surface area contributed by atoms with E-state index in [4.69, 9.17) is 6.42 Å². The maximum atomic E-state index is 5.27. The topological polar surface area (TPSA) is 0 Å². The lowest BCUT2D eigenvalue weighted by molar-refractivity contribution is 0.274. The molecule has 0 nitrogen and oxygen atoms in total. The molecular formula is C8H10. The molecule has 42 valence electrons. The van der Waals surface area contributed by atoms with Gasteiger partial charge in [0.2, 0.25) is 0 Å². The molecule has 0 aromatic carbocycles. The van der Waals surface area contributed by atoms with Crippen molar-refractivity contribution in [2.75, 3.05) is 0 Å². The maximum Gasteiger partial charge on any atom is 0.0262 e. The maximum absolute atomic E-state index is 5.27. The van der Waals surface area contributed by atoms with Gasteiger partial charge in [0.05, 0.1) is 0 Å². The third-order valence-electron chi connectivity index (χ3n) is 2.74. The van der Waals surface area contributed by atoms with E-state index < -0.39 is 0 Å². The summed E-state index contributed by atoms with van der Waals surface area (Å²) in [5, 5.41) is 0. The summed E-state index contributed by atoms with van der Waals surface area (Å²) in [6.45, 7) is 0. The van der Waals surface area contributed by atoms with Gasteiger partial charge in [-0.25, -0.2) is 0 Å². The van der Waals surface area contributed by atoms with Gasteiger partial charge in [-0.05, 0) is 24.7 Å². The minimum atomic E-state index is 0.677. The molecule has 2 rings (SSSR count). The van der Waals surface area contributed by atoms with Crippen LogP contribution in [0.15, 0.2) is 0 Å². The van der Waals surface area contributed by atoms with Crippen LogP contribution in [0.1, 0.15) is 25.7 Å². The van der Waals surface area contributed by atoms with E-state index in [-0.39, 0.29) is 0 Å². The third kappa shape index (κ3) is 0.336. The fourth-order valence-electron chi connectivity index (χ4n) is 1.77. The summed E-state index contributed by atoms with van der Waals surface area (Å²) < 4.78 is 0. The molecule has 0 radical (unpaired) electrons. The highest BCUT2D eigenvalue weighted by Crippen LogP contribution is 2.65. The second-order valence-electron chi connectivity index (χ2n) is 3.14. The van der Waals surface area contributed by atoms with Crippen molar-refractivity contribution in [1.29, 1.82) is 0 Å². The molecule has 1 unspecified atom stereocenters. The van der Waals surface area contributed by atoms with Crippen molar-refractivity contribution in [2.24, 2.45) is 11.3 Å². The predicted molar refractivity (Wildman–Crippen MR) is 33.2 cm³/mol. The van der Waals surface area contributed by atoms with Crippen molar-refractivity contribution in [3.05, 3.63) is 0 Å². The fourth-order valence-corrected chi connectivity index (χ4v) is 1.77. The first kappa shape index (κ1) is 4.44. The van der Waals surface area contributed by atoms with Crippen molar-refractivity contribution < 1.29 is 0 Å². The molecule has 1 spiro atoms. The lowest BCUT2D eigenvalue weighted by Crippen LogP contribution is -2.13. The minimum Gasteiger partial charge on any atom is -0.120 e. The number of hydrogen-bond acceptors (Lipinski definition) is 0. The van der Waals surface area contributed by atoms with Crippen LogP contribution < -0.4 is 0 Å². The third-order valence-corrected chi connectivity index (χ3v) is 2.74. The molecule has 2 fully saturated rings. The van der Waals surface area contributed by atoms with Crippen LogP contribution in [0.2, 0.25) is 0 Å². The van der Waals surface area contributed by atoms with Crippen LogP contribution in [0.4, 0.5) is 0 Å². The van der Waals surface area contributed by atoms with E-state index in [1.165, 1.54) is 25.7 Å². The van der Waals surface area contributed by atoms with Gasteiger partial charge >= 0.3 is 0 Å². The normalized spacial score (nSPS) is 38.1. The number of hydrogen-bond donors (Lipinski definition) is 0. The van der Waals surface area contributed by atoms with Crippen molar-refractivity contribution in [3.8, 4) is 12.3 Å². The molecule has 2 aliphatic rings. The highest BCUT2D eigenvalue weighted by Gasteiger charge is 2.56. The fraction of sp³-hybridized carbons (Fsp3) is 0.750. The average molecular weight is 106 g/mol. The summed E-state index contributed by atoms with van der Waals surface area (Å²) in [7, 11) is 0. The van der Waals surface area contributed by atoms with E-state index in [0.717, 1.165) is 0 Å². The first-order valence-corrected chi connectivity index (χ1v) is 3.33. The van der Waals surface area contributed by atoms with E-state index in [2.05, 4.69) is 5.92 Å². The molecule has 8 heavy (non-hydrogen) atoms. The van der Waals surface area contributed by atoms with Gasteiger partial charge in [-0.3, -0.25) is 0 Å². The predicted octanol–water partition coefficient (Wildman–Crippen LogP) is 1.81. The Morgan fingerprint density at radius 2 is 2.25 bits per heavy atom. The van der Waals surface area contributed by atoms with Gasteiger partial charge < -0.3 is 0 Å². The van der Waals surface area contributed by atoms with Crippen molar-refractivity contribution in [2.45, 2.75) is 25.7 Å². The van der Waals surface area contributed by atoms with Gasteiger partial charge in [-0.2, -0.15) is 0 Å². The van der Waals surface area contributed by atoms with Crippen LogP contribution in [0.3, 0.4) is 0 Å². The second-order valence-corrected chi connectivity index (χ2v) is 3.14. The molecule has 0 bridgehead atoms. The molecule has 0 amide bonds. The smallest absolute Gasteiger partial charge is 0.0262 e. The second kappa shape index (κ2) is 1.10. The van der Waals surface area contributed by atoms with Crippen LogP contribution in [-0.2, 0) is 0 Å². The van der Waals surface area contributed by atoms with Gasteiger partial charge in [-0.1, -0.05) is 6.42 Å². The summed E-state index contributed by atoms with van der Waals surface area (Å²) in [5.41, 5.74) is 0.703. The summed E-state index contributed by atoms with van der Waals surface area (Å²) in [5.74, 6) is 3.51. The summed E-state index contributed by atoms with van der Waals surface area (Å²) in [6, 6.07) is 0. The van der Waals surface area contributed by atoms with Gasteiger partial charge in [0.1, 0.15) is 0 Å². The monoisotopic (exact) mass is 106 g/mol. The first-order valence-electron chi connectivity index (χ1n) is 3.33. The Bertz CT molecular complexity index is 146. The van der Waals surface area contributed by atoms with Crippen LogP contribution in [0.5, 0.6) is 0 Å². The lowest BCUT2D eigenvalue weighted by atomic mass is 9.80. The van der Waals surface area contributed by atoms with Crippen LogP contribution in [0.25, 0.3) is 0 Å². The van der Waals surface area contributed by atoms with E-state index >= 15 is 0 Å². The van der Waals surface area contributed by atoms with Crippen molar-refractivity contribution >= 4 is 0 Å². The van der Waals surface area contributed by atoms with Gasteiger partial charge in [-0.15, -0.1) is 12.3 Å². The highest BCUT2D eigenvalue weighted by atomic mass is 14.6. The molecule has 0 saturated heterocycles. The zero-order valence-corrected chi connectivity index (χ0v) is 4.98. The largest absolute Gasteiger partial charge is 0.120 e. The number of terminal acetylenes is 1. The summed E-state index contributed by atoms with van der Waals surface area (Å²) >= 11 is 0. The van der Waals surface area contributed by atoms with Crippen molar-refractivity contribution in [3.63, 3.8) is 0 Å². The van der Waals surface area contributed by atoms with E-state index in [0.29, 0.717) is 11.3 Å². The molecule has 2 saturated carbocycles. The Morgan fingerprint density at radius 3 is 2.38 bits per heavy atom. The lowest BCUT2D eigenvalue weighted by Gasteiger charge is -2.25. The molecule has 2 aliphatic carbocycles. The van der Waals surface area contributed by atoms with Gasteiger partial charge in [0.15, 0.2) is 0 Å². The molecule has 0 aromatic heterocycles. The highest BCUT2D eigenvalue weighted by molar-refractivity contribution is 5.18. The molecule has 1 atom stereocenters. The quantitative estimate of drug-likeness (QED) is 0.413. The summed E-state index contributed by atoms with van der Waals surface area (Å²) in [6.07, 6.45) is 10.9. The average Bonchev–Trinajstić information content (AvgIpc) is 2.36. The number of rotatable bonds is 0. The molecule has 0 aromatic rings. The van der Waals surface area contributed by atoms with Crippen LogP contribution in [-0.4, -0.2) is 0 Å². The minimum absolute atomic E-state index is 0.677. The zero-order valence-electron chi connectivity index (χ0n) is 4.98. The Balaban J connectivity index is 2.05. The standard InChI is InChI=1S/C8H10/c1-2-7-6-8(7)4-3-5-8/h1,7H,3-6H2. The van der Waals surface area contributed by atoms with E-state index in [9.17, 15) is 0 Å². The Morgan fingerprint density at radius 1 is 1.50 bits per heavy atom. The van der Waals surface area contributed by atoms with E-state index in [1.807, 2.05) is 0 Å². The molecule has 0 aliphatic heterocycles. The SMILES string of the molecule is C#CC1CC12CCC2. The van der Waals surface area contributed by atoms with Gasteiger partial charge in [0, 0.05) is 5.92 Å². The zero-order chi connectivity index (χ0) is 5.61. The van der Waals surface area contributed by atoms with Gasteiger partial charge in [0.25, 0.3) is 0 Å². The van der Waals surface area contributed by atoms with Crippen LogP contribution >= 0.6 is 0 Å². The Hall–Kier alpha value is -0.440. The van der Waals surface area contributed by atoms with Crippen molar-refractivity contribution in [1.82, 2.24) is 0 Å². The first-order chi connectivity index (χ1) is 3.87. The van der Waals surface area contributed by atoms with E-state index in [1.54, 1.807) is 0 Å². The molecule has 0 heterocycles.